The van der Waals surface area contributed by atoms with Gasteiger partial charge in [-0.2, -0.15) is 4.31 Å². The van der Waals surface area contributed by atoms with Crippen molar-refractivity contribution in [1.82, 2.24) is 9.62 Å². The fourth-order valence-electron chi connectivity index (χ4n) is 2.88. The normalized spacial score (nSPS) is 14.8. The van der Waals surface area contributed by atoms with Crippen LogP contribution in [0.3, 0.4) is 0 Å². The van der Waals surface area contributed by atoms with Gasteiger partial charge in [-0.3, -0.25) is 9.59 Å². The molecule has 1 amide bonds. The van der Waals surface area contributed by atoms with Gasteiger partial charge in [-0.25, -0.2) is 8.42 Å². The zero-order valence-electron chi connectivity index (χ0n) is 15.3. The lowest BCUT2D eigenvalue weighted by Gasteiger charge is -2.17. The molecule has 1 N–H and O–H groups in total. The molecule has 0 saturated carbocycles. The summed E-state index contributed by atoms with van der Waals surface area (Å²) in [4.78, 5) is 23.4. The van der Waals surface area contributed by atoms with Gasteiger partial charge >= 0.3 is 0 Å². The van der Waals surface area contributed by atoms with E-state index in [1.807, 2.05) is 0 Å². The molecule has 7 heteroatoms. The van der Waals surface area contributed by atoms with Crippen LogP contribution in [0, 0.1) is 0 Å². The summed E-state index contributed by atoms with van der Waals surface area (Å²) in [5.41, 5.74) is 1.81. The van der Waals surface area contributed by atoms with Gasteiger partial charge in [-0.15, -0.1) is 0 Å². The van der Waals surface area contributed by atoms with E-state index in [1.54, 1.807) is 0 Å². The molecule has 1 aliphatic rings. The third-order valence-electron chi connectivity index (χ3n) is 4.49. The van der Waals surface area contributed by atoms with Crippen LogP contribution in [0.15, 0.2) is 40.8 Å². The highest BCUT2D eigenvalue weighted by Gasteiger charge is 2.23. The lowest BCUT2D eigenvalue weighted by atomic mass is 9.97. The molecule has 0 aliphatic heterocycles. The van der Waals surface area contributed by atoms with E-state index in [-0.39, 0.29) is 23.1 Å². The number of nitrogens with zero attached hydrogens (tertiary/aromatic N) is 1. The minimum atomic E-state index is -3.77. The molecule has 0 heterocycles. The summed E-state index contributed by atoms with van der Waals surface area (Å²) in [5, 5.41) is 2.78. The number of ketones is 1. The van der Waals surface area contributed by atoms with Gasteiger partial charge in [0.15, 0.2) is 5.78 Å². The number of sulfonamides is 1. The maximum absolute atomic E-state index is 12.5. The van der Waals surface area contributed by atoms with E-state index in [1.165, 1.54) is 56.7 Å². The summed E-state index contributed by atoms with van der Waals surface area (Å²) in [5.74, 6) is -0.456. The van der Waals surface area contributed by atoms with Gasteiger partial charge in [-0.1, -0.05) is 23.8 Å². The maximum Gasteiger partial charge on any atom is 0.243 e. The number of hydrogen-bond donors (Lipinski definition) is 1. The SMILES string of the molecule is CC(=O)c1ccc(S(=O)(=O)N(C)CC(=O)NCCC2=CCCCC2)cc1. The third kappa shape index (κ3) is 5.51. The lowest BCUT2D eigenvalue weighted by Crippen LogP contribution is -2.38. The number of rotatable bonds is 8. The summed E-state index contributed by atoms with van der Waals surface area (Å²) >= 11 is 0. The minimum Gasteiger partial charge on any atom is -0.355 e. The van der Waals surface area contributed by atoms with Crippen LogP contribution < -0.4 is 5.32 Å². The summed E-state index contributed by atoms with van der Waals surface area (Å²) < 4.78 is 26.1. The van der Waals surface area contributed by atoms with Crippen LogP contribution in [0.2, 0.25) is 0 Å². The van der Waals surface area contributed by atoms with E-state index in [0.29, 0.717) is 12.1 Å². The molecule has 0 radical (unpaired) electrons. The van der Waals surface area contributed by atoms with Gasteiger partial charge < -0.3 is 5.32 Å². The zero-order valence-corrected chi connectivity index (χ0v) is 16.1. The number of carbonyl (C=O) groups is 2. The predicted octanol–water partition coefficient (Wildman–Crippen LogP) is 2.52. The average molecular weight is 378 g/mol. The first-order valence-electron chi connectivity index (χ1n) is 8.82. The van der Waals surface area contributed by atoms with Crippen LogP contribution in [0.4, 0.5) is 0 Å². The van der Waals surface area contributed by atoms with E-state index in [9.17, 15) is 18.0 Å². The number of nitrogens with one attached hydrogen (secondary N) is 1. The van der Waals surface area contributed by atoms with E-state index in [2.05, 4.69) is 11.4 Å². The van der Waals surface area contributed by atoms with E-state index < -0.39 is 10.0 Å². The Hall–Kier alpha value is -1.99. The van der Waals surface area contributed by atoms with Crippen molar-refractivity contribution in [2.75, 3.05) is 20.1 Å². The smallest absolute Gasteiger partial charge is 0.243 e. The van der Waals surface area contributed by atoms with Gasteiger partial charge in [0.25, 0.3) is 0 Å². The van der Waals surface area contributed by atoms with E-state index in [0.717, 1.165) is 23.6 Å². The number of likely N-dealkylation sites (N-methyl/N-ethyl adjacent to an activating group) is 1. The summed E-state index contributed by atoms with van der Waals surface area (Å²) in [7, 11) is -2.40. The fraction of sp³-hybridized carbons (Fsp3) is 0.474. The fourth-order valence-corrected chi connectivity index (χ4v) is 4.01. The van der Waals surface area contributed by atoms with Gasteiger partial charge in [0.2, 0.25) is 15.9 Å². The second-order valence-electron chi connectivity index (χ2n) is 6.55. The molecule has 1 aromatic carbocycles. The van der Waals surface area contributed by atoms with Crippen molar-refractivity contribution in [2.45, 2.75) is 43.9 Å². The van der Waals surface area contributed by atoms with Crippen LogP contribution >= 0.6 is 0 Å². The highest BCUT2D eigenvalue weighted by Crippen LogP contribution is 2.19. The second kappa shape index (κ2) is 9.09. The van der Waals surface area contributed by atoms with Crippen molar-refractivity contribution in [3.05, 3.63) is 41.5 Å². The minimum absolute atomic E-state index is 0.0603. The predicted molar refractivity (Wildman–Crippen MR) is 100 cm³/mol. The van der Waals surface area contributed by atoms with Crippen molar-refractivity contribution in [2.24, 2.45) is 0 Å². The van der Waals surface area contributed by atoms with Gasteiger partial charge in [0.1, 0.15) is 0 Å². The van der Waals surface area contributed by atoms with Crippen molar-refractivity contribution in [1.29, 1.82) is 0 Å². The number of carbonyl (C=O) groups excluding carboxylic acids is 2. The van der Waals surface area contributed by atoms with E-state index >= 15 is 0 Å². The molecular weight excluding hydrogens is 352 g/mol. The van der Waals surface area contributed by atoms with Crippen LogP contribution in [0.1, 0.15) is 49.4 Å². The molecule has 6 nitrogen and oxygen atoms in total. The molecule has 26 heavy (non-hydrogen) atoms. The molecule has 1 aliphatic carbocycles. The summed E-state index contributed by atoms with van der Waals surface area (Å²) in [6, 6.07) is 5.72. The van der Waals surface area contributed by atoms with Crippen LogP contribution in [0.5, 0.6) is 0 Å². The van der Waals surface area contributed by atoms with Crippen molar-refractivity contribution >= 4 is 21.7 Å². The molecule has 0 fully saturated rings. The number of Topliss-reactive ketones (excluding diaryl/α,β-unsaturated/α-hetero) is 1. The van der Waals surface area contributed by atoms with Crippen LogP contribution in [0.25, 0.3) is 0 Å². The van der Waals surface area contributed by atoms with Crippen LogP contribution in [-0.2, 0) is 14.8 Å². The first-order valence-corrected chi connectivity index (χ1v) is 10.3. The number of hydrogen-bond acceptors (Lipinski definition) is 4. The Morgan fingerprint density at radius 3 is 2.42 bits per heavy atom. The molecule has 2 rings (SSSR count). The summed E-state index contributed by atoms with van der Waals surface area (Å²) in [6.45, 7) is 1.70. The first-order chi connectivity index (χ1) is 12.3. The first kappa shape index (κ1) is 20.3. The number of benzene rings is 1. The van der Waals surface area contributed by atoms with Crippen molar-refractivity contribution in [3.63, 3.8) is 0 Å². The average Bonchev–Trinajstić information content (AvgIpc) is 2.62. The maximum atomic E-state index is 12.5. The Bertz CT molecular complexity index is 782. The molecule has 0 unspecified atom stereocenters. The highest BCUT2D eigenvalue weighted by molar-refractivity contribution is 7.89. The topological polar surface area (TPSA) is 83.6 Å². The second-order valence-corrected chi connectivity index (χ2v) is 8.59. The zero-order chi connectivity index (χ0) is 19.2. The molecular formula is C19H26N2O4S. The monoisotopic (exact) mass is 378 g/mol. The Kier molecular flexibility index (Phi) is 7.11. The lowest BCUT2D eigenvalue weighted by molar-refractivity contribution is -0.121. The standard InChI is InChI=1S/C19H26N2O4S/c1-15(22)17-8-10-18(11-9-17)26(24,25)21(2)14-19(23)20-13-12-16-6-4-3-5-7-16/h6,8-11H,3-5,7,12-14H2,1-2H3,(H,20,23). The quantitative estimate of drug-likeness (QED) is 0.556. The highest BCUT2D eigenvalue weighted by atomic mass is 32.2. The van der Waals surface area contributed by atoms with E-state index in [4.69, 9.17) is 0 Å². The largest absolute Gasteiger partial charge is 0.355 e. The molecule has 0 atom stereocenters. The number of allylic oxidation sites excluding steroid dienone is 1. The molecule has 142 valence electrons. The van der Waals surface area contributed by atoms with Crippen molar-refractivity contribution in [3.8, 4) is 0 Å². The van der Waals surface area contributed by atoms with Crippen LogP contribution in [-0.4, -0.2) is 44.6 Å². The molecule has 0 bridgehead atoms. The molecule has 0 aromatic heterocycles. The molecule has 0 spiro atoms. The Morgan fingerprint density at radius 1 is 1.15 bits per heavy atom. The molecule has 1 aromatic rings. The Morgan fingerprint density at radius 2 is 1.85 bits per heavy atom. The molecule has 0 saturated heterocycles. The van der Waals surface area contributed by atoms with Gasteiger partial charge in [0.05, 0.1) is 11.4 Å². The third-order valence-corrected chi connectivity index (χ3v) is 6.31. The Labute approximate surface area is 155 Å². The summed E-state index contributed by atoms with van der Waals surface area (Å²) in [6.07, 6.45) is 7.66. The number of amides is 1. The van der Waals surface area contributed by atoms with Gasteiger partial charge in [0, 0.05) is 19.2 Å². The van der Waals surface area contributed by atoms with Crippen molar-refractivity contribution < 1.29 is 18.0 Å². The Balaban J connectivity index is 1.88. The van der Waals surface area contributed by atoms with Gasteiger partial charge in [-0.05, 0) is 51.2 Å².